The van der Waals surface area contributed by atoms with E-state index in [-0.39, 0.29) is 17.7 Å². The molecule has 1 aliphatic heterocycles. The summed E-state index contributed by atoms with van der Waals surface area (Å²) in [5.74, 6) is 2.32. The van der Waals surface area contributed by atoms with Gasteiger partial charge in [0, 0.05) is 24.5 Å². The number of hydrogen-bond donors (Lipinski definition) is 0. The Labute approximate surface area is 207 Å². The van der Waals surface area contributed by atoms with Crippen molar-refractivity contribution in [2.24, 2.45) is 5.10 Å². The number of ether oxygens (including phenoxy) is 2. The molecule has 2 aromatic heterocycles. The van der Waals surface area contributed by atoms with Crippen LogP contribution in [0, 0.1) is 0 Å². The number of amides is 1. The second kappa shape index (κ2) is 10.1. The summed E-state index contributed by atoms with van der Waals surface area (Å²) >= 11 is 1.37. The molecule has 0 N–H and O–H groups in total. The minimum atomic E-state index is -0.295. The van der Waals surface area contributed by atoms with Gasteiger partial charge in [0.1, 0.15) is 23.3 Å². The van der Waals surface area contributed by atoms with Crippen molar-refractivity contribution < 1.29 is 18.7 Å². The van der Waals surface area contributed by atoms with Gasteiger partial charge in [-0.1, -0.05) is 11.8 Å². The number of hydrazone groups is 1. The number of nitrogens with zero attached hydrogens (tertiary/aromatic N) is 4. The molecule has 1 amide bonds. The van der Waals surface area contributed by atoms with Crippen LogP contribution in [0.3, 0.4) is 0 Å². The smallest absolute Gasteiger partial charge is 0.253 e. The maximum Gasteiger partial charge on any atom is 0.253 e. The Morgan fingerprint density at radius 3 is 2.43 bits per heavy atom. The number of benzene rings is 2. The van der Waals surface area contributed by atoms with Crippen molar-refractivity contribution in [2.45, 2.75) is 17.6 Å². The Bertz CT molecular complexity index is 1310. The number of thioether (sulfide) groups is 1. The van der Waals surface area contributed by atoms with Crippen LogP contribution in [0.2, 0.25) is 0 Å². The van der Waals surface area contributed by atoms with Crippen molar-refractivity contribution in [3.63, 3.8) is 0 Å². The Morgan fingerprint density at radius 2 is 1.77 bits per heavy atom. The fraction of sp³-hybridized carbons (Fsp3) is 0.192. The molecule has 0 radical (unpaired) electrons. The average Bonchev–Trinajstić information content (AvgIpc) is 3.68. The molecule has 1 aliphatic rings. The van der Waals surface area contributed by atoms with E-state index >= 15 is 0 Å². The third-order valence-electron chi connectivity index (χ3n) is 5.74. The molecule has 0 aliphatic carbocycles. The first-order valence-electron chi connectivity index (χ1n) is 11.0. The van der Waals surface area contributed by atoms with Crippen LogP contribution in [-0.2, 0) is 4.79 Å². The van der Waals surface area contributed by atoms with Gasteiger partial charge in [0.2, 0.25) is 0 Å². The highest BCUT2D eigenvalue weighted by molar-refractivity contribution is 7.99. The van der Waals surface area contributed by atoms with E-state index in [0.29, 0.717) is 12.2 Å². The second-order valence-corrected chi connectivity index (χ2v) is 8.76. The molecule has 0 bridgehead atoms. The number of hydrogen-bond acceptors (Lipinski definition) is 7. The Balaban J connectivity index is 1.34. The molecule has 2 aromatic carbocycles. The van der Waals surface area contributed by atoms with Gasteiger partial charge >= 0.3 is 0 Å². The van der Waals surface area contributed by atoms with Crippen LogP contribution in [0.25, 0.3) is 5.69 Å². The molecular formula is C26H24N4O4S. The Morgan fingerprint density at radius 1 is 1.06 bits per heavy atom. The molecule has 178 valence electrons. The van der Waals surface area contributed by atoms with Gasteiger partial charge in [-0.05, 0) is 66.2 Å². The summed E-state index contributed by atoms with van der Waals surface area (Å²) in [6, 6.07) is 18.8. The summed E-state index contributed by atoms with van der Waals surface area (Å²) in [7, 11) is 3.27. The summed E-state index contributed by atoms with van der Waals surface area (Å²) < 4.78 is 18.1. The lowest BCUT2D eigenvalue weighted by Crippen LogP contribution is -2.28. The van der Waals surface area contributed by atoms with Crippen molar-refractivity contribution in [2.75, 3.05) is 20.0 Å². The first-order chi connectivity index (χ1) is 17.2. The monoisotopic (exact) mass is 488 g/mol. The molecule has 3 heterocycles. The standard InChI is InChI=1S/C26H24N4O4S/c1-32-20-9-5-18(6-10-20)22-16-23(24-4-3-15-34-24)30(28-22)25(31)17-35-26-27-13-14-29(26)19-7-11-21(33-2)12-8-19/h3-15,23H,16-17H2,1-2H3/t23-/m1/s1. The first-order valence-corrected chi connectivity index (χ1v) is 12.0. The number of carbonyl (C=O) groups excluding carboxylic acids is 1. The minimum absolute atomic E-state index is 0.121. The molecule has 5 rings (SSSR count). The van der Waals surface area contributed by atoms with E-state index in [1.807, 2.05) is 71.4 Å². The summed E-state index contributed by atoms with van der Waals surface area (Å²) in [6.07, 6.45) is 5.77. The molecule has 0 saturated carbocycles. The van der Waals surface area contributed by atoms with Crippen molar-refractivity contribution in [1.82, 2.24) is 14.6 Å². The van der Waals surface area contributed by atoms with Gasteiger partial charge in [-0.15, -0.1) is 0 Å². The Hall–Kier alpha value is -3.98. The van der Waals surface area contributed by atoms with E-state index in [0.717, 1.165) is 33.6 Å². The summed E-state index contributed by atoms with van der Waals surface area (Å²) in [5.41, 5.74) is 2.71. The van der Waals surface area contributed by atoms with E-state index in [2.05, 4.69) is 4.98 Å². The van der Waals surface area contributed by atoms with Gasteiger partial charge in [-0.3, -0.25) is 9.36 Å². The lowest BCUT2D eigenvalue weighted by Gasteiger charge is -2.19. The molecular weight excluding hydrogens is 464 g/mol. The highest BCUT2D eigenvalue weighted by atomic mass is 32.2. The minimum Gasteiger partial charge on any atom is -0.497 e. The number of imidazole rings is 1. The van der Waals surface area contributed by atoms with Gasteiger partial charge in [0.25, 0.3) is 5.91 Å². The molecule has 1 atom stereocenters. The van der Waals surface area contributed by atoms with Gasteiger partial charge < -0.3 is 13.9 Å². The zero-order valence-electron chi connectivity index (χ0n) is 19.3. The van der Waals surface area contributed by atoms with Crippen LogP contribution in [0.1, 0.15) is 23.8 Å². The molecule has 0 spiro atoms. The normalized spacial score (nSPS) is 15.2. The molecule has 0 saturated heterocycles. The summed E-state index contributed by atoms with van der Waals surface area (Å²) in [5, 5.41) is 6.95. The van der Waals surface area contributed by atoms with Crippen molar-refractivity contribution in [3.05, 3.63) is 90.6 Å². The number of carbonyl (C=O) groups is 1. The molecule has 8 nitrogen and oxygen atoms in total. The third-order valence-corrected chi connectivity index (χ3v) is 6.69. The second-order valence-electron chi connectivity index (χ2n) is 7.82. The lowest BCUT2D eigenvalue weighted by atomic mass is 10.0. The molecule has 35 heavy (non-hydrogen) atoms. The quantitative estimate of drug-likeness (QED) is 0.326. The highest BCUT2D eigenvalue weighted by Gasteiger charge is 2.35. The van der Waals surface area contributed by atoms with Crippen molar-refractivity contribution in [1.29, 1.82) is 0 Å². The Kier molecular flexibility index (Phi) is 6.58. The molecule has 0 fully saturated rings. The number of methoxy groups -OCH3 is 2. The van der Waals surface area contributed by atoms with E-state index in [9.17, 15) is 4.79 Å². The fourth-order valence-electron chi connectivity index (χ4n) is 3.93. The molecule has 4 aromatic rings. The SMILES string of the molecule is COc1ccc(C2=NN(C(=O)CSc3nccn3-c3ccc(OC)cc3)[C@@H](c3ccco3)C2)cc1. The van der Waals surface area contributed by atoms with E-state index in [4.69, 9.17) is 19.0 Å². The highest BCUT2D eigenvalue weighted by Crippen LogP contribution is 2.34. The van der Waals surface area contributed by atoms with Crippen LogP contribution in [0.5, 0.6) is 11.5 Å². The van der Waals surface area contributed by atoms with Crippen molar-refractivity contribution >= 4 is 23.4 Å². The lowest BCUT2D eigenvalue weighted by molar-refractivity contribution is -0.130. The maximum atomic E-state index is 13.3. The average molecular weight is 489 g/mol. The third kappa shape index (κ3) is 4.81. The largest absolute Gasteiger partial charge is 0.497 e. The van der Waals surface area contributed by atoms with Gasteiger partial charge in [0.15, 0.2) is 5.16 Å². The predicted octanol–water partition coefficient (Wildman–Crippen LogP) is 4.95. The zero-order valence-corrected chi connectivity index (χ0v) is 20.1. The molecule has 9 heteroatoms. The number of furan rings is 1. The topological polar surface area (TPSA) is 82.1 Å². The van der Waals surface area contributed by atoms with Crippen LogP contribution in [-0.4, -0.2) is 46.2 Å². The fourth-order valence-corrected chi connectivity index (χ4v) is 4.75. The van der Waals surface area contributed by atoms with E-state index in [1.54, 1.807) is 26.7 Å². The van der Waals surface area contributed by atoms with Gasteiger partial charge in [-0.25, -0.2) is 9.99 Å². The van der Waals surface area contributed by atoms with E-state index in [1.165, 1.54) is 16.8 Å². The number of aromatic nitrogens is 2. The maximum absolute atomic E-state index is 13.3. The first kappa shape index (κ1) is 22.8. The summed E-state index contributed by atoms with van der Waals surface area (Å²) in [6.45, 7) is 0. The van der Waals surface area contributed by atoms with Gasteiger partial charge in [-0.2, -0.15) is 5.10 Å². The van der Waals surface area contributed by atoms with Crippen LogP contribution in [0.15, 0.2) is 94.0 Å². The molecule has 0 unspecified atom stereocenters. The predicted molar refractivity (Wildman–Crippen MR) is 133 cm³/mol. The van der Waals surface area contributed by atoms with Crippen LogP contribution in [0.4, 0.5) is 0 Å². The van der Waals surface area contributed by atoms with Crippen molar-refractivity contribution in [3.8, 4) is 17.2 Å². The van der Waals surface area contributed by atoms with Crippen LogP contribution >= 0.6 is 11.8 Å². The summed E-state index contributed by atoms with van der Waals surface area (Å²) in [4.78, 5) is 17.8. The van der Waals surface area contributed by atoms with E-state index < -0.39 is 0 Å². The van der Waals surface area contributed by atoms with Gasteiger partial charge in [0.05, 0.1) is 31.9 Å². The van der Waals surface area contributed by atoms with Crippen LogP contribution < -0.4 is 9.47 Å². The zero-order chi connectivity index (χ0) is 24.2. The number of rotatable bonds is 8.